The van der Waals surface area contributed by atoms with Gasteiger partial charge in [-0.1, -0.05) is 73.7 Å². The van der Waals surface area contributed by atoms with Crippen LogP contribution >= 0.6 is 0 Å². The first-order valence-electron chi connectivity index (χ1n) is 10.8. The molecule has 164 valence electrons. The quantitative estimate of drug-likeness (QED) is 0.496. The van der Waals surface area contributed by atoms with Crippen molar-refractivity contribution in [2.75, 3.05) is 13.2 Å². The predicted molar refractivity (Wildman–Crippen MR) is 122 cm³/mol. The van der Waals surface area contributed by atoms with Crippen molar-refractivity contribution in [2.24, 2.45) is 0 Å². The normalized spacial score (nSPS) is 17.9. The summed E-state index contributed by atoms with van der Waals surface area (Å²) >= 11 is 0. The van der Waals surface area contributed by atoms with E-state index in [-0.39, 0.29) is 19.0 Å². The summed E-state index contributed by atoms with van der Waals surface area (Å²) in [5.41, 5.74) is 2.08. The van der Waals surface area contributed by atoms with Gasteiger partial charge in [0.1, 0.15) is 5.75 Å². The van der Waals surface area contributed by atoms with E-state index in [9.17, 15) is 9.59 Å². The van der Waals surface area contributed by atoms with E-state index in [1.54, 1.807) is 12.1 Å². The van der Waals surface area contributed by atoms with E-state index < -0.39 is 11.6 Å². The van der Waals surface area contributed by atoms with Crippen molar-refractivity contribution in [3.05, 3.63) is 89.5 Å². The van der Waals surface area contributed by atoms with Crippen molar-refractivity contribution in [2.45, 2.75) is 32.5 Å². The van der Waals surface area contributed by atoms with E-state index in [1.807, 2.05) is 67.6 Å². The molecule has 1 aliphatic rings. The van der Waals surface area contributed by atoms with Crippen LogP contribution in [0.25, 0.3) is 11.1 Å². The Hall–Kier alpha value is -3.44. The molecular weight excluding hydrogens is 404 g/mol. The molecule has 3 aromatic rings. The molecule has 0 N–H and O–H groups in total. The van der Waals surface area contributed by atoms with Gasteiger partial charge in [0.2, 0.25) is 11.4 Å². The molecule has 5 nitrogen and oxygen atoms in total. The molecule has 0 aliphatic carbocycles. The smallest absolute Gasteiger partial charge is 0.304 e. The molecule has 32 heavy (non-hydrogen) atoms. The number of rotatable bonds is 6. The Morgan fingerprint density at radius 2 is 1.75 bits per heavy atom. The predicted octanol–water partition coefficient (Wildman–Crippen LogP) is 5.31. The summed E-state index contributed by atoms with van der Waals surface area (Å²) in [4.78, 5) is 26.1. The Labute approximate surface area is 187 Å². The van der Waals surface area contributed by atoms with Crippen LogP contribution in [-0.4, -0.2) is 25.0 Å². The Kier molecular flexibility index (Phi) is 6.37. The van der Waals surface area contributed by atoms with Gasteiger partial charge >= 0.3 is 5.97 Å². The number of Topliss-reactive ketones (excluding diaryl/α,β-unsaturated/α-hetero) is 1. The number of hydrogen-bond acceptors (Lipinski definition) is 5. The molecule has 1 unspecified atom stereocenters. The van der Waals surface area contributed by atoms with Crippen molar-refractivity contribution in [3.63, 3.8) is 0 Å². The monoisotopic (exact) mass is 430 g/mol. The lowest BCUT2D eigenvalue weighted by atomic mass is 9.84. The number of hydrogen-bond donors (Lipinski definition) is 0. The molecule has 0 bridgehead atoms. The van der Waals surface area contributed by atoms with Gasteiger partial charge in [0, 0.05) is 18.1 Å². The molecule has 0 radical (unpaired) electrons. The largest absolute Gasteiger partial charge is 0.493 e. The van der Waals surface area contributed by atoms with Crippen LogP contribution in [0.15, 0.2) is 72.8 Å². The Bertz CT molecular complexity index is 1120. The molecular formula is C27H26O5. The topological polar surface area (TPSA) is 61.8 Å². The molecule has 0 saturated carbocycles. The minimum Gasteiger partial charge on any atom is -0.493 e. The molecule has 0 saturated heterocycles. The fourth-order valence-corrected chi connectivity index (χ4v) is 4.03. The summed E-state index contributed by atoms with van der Waals surface area (Å²) in [6.07, 6.45) is 0.794. The highest BCUT2D eigenvalue weighted by molar-refractivity contribution is 6.06. The molecule has 5 heteroatoms. The van der Waals surface area contributed by atoms with Gasteiger partial charge in [0.15, 0.2) is 0 Å². The van der Waals surface area contributed by atoms with Crippen LogP contribution < -0.4 is 4.74 Å². The van der Waals surface area contributed by atoms with Crippen LogP contribution in [0.1, 0.15) is 41.8 Å². The van der Waals surface area contributed by atoms with Crippen LogP contribution in [0, 0.1) is 0 Å². The van der Waals surface area contributed by atoms with E-state index in [1.165, 1.54) is 6.92 Å². The number of carbonyl (C=O) groups is 2. The maximum atomic E-state index is 13.9. The van der Waals surface area contributed by atoms with Gasteiger partial charge in [0.05, 0.1) is 19.8 Å². The SMILES string of the molecule is CCCOc1cc(-c2ccccc2)ccc1C1(OC(C)=O)COCc2ccccc2C1=O. The molecule has 1 atom stereocenters. The first kappa shape index (κ1) is 21.8. The average Bonchev–Trinajstić information content (AvgIpc) is 2.95. The first-order chi connectivity index (χ1) is 15.5. The number of fused-ring (bicyclic) bond motifs is 1. The van der Waals surface area contributed by atoms with Gasteiger partial charge in [-0.25, -0.2) is 0 Å². The van der Waals surface area contributed by atoms with Crippen LogP contribution in [0.2, 0.25) is 0 Å². The Balaban J connectivity index is 1.89. The van der Waals surface area contributed by atoms with Gasteiger partial charge in [0.25, 0.3) is 0 Å². The summed E-state index contributed by atoms with van der Waals surface area (Å²) in [5.74, 6) is -0.365. The molecule has 0 spiro atoms. The zero-order valence-corrected chi connectivity index (χ0v) is 18.3. The lowest BCUT2D eigenvalue weighted by molar-refractivity contribution is -0.159. The van der Waals surface area contributed by atoms with Gasteiger partial charge in [-0.3, -0.25) is 9.59 Å². The molecule has 0 aromatic heterocycles. The van der Waals surface area contributed by atoms with Gasteiger partial charge in [-0.05, 0) is 29.2 Å². The number of benzene rings is 3. The fourth-order valence-electron chi connectivity index (χ4n) is 4.03. The van der Waals surface area contributed by atoms with Crippen molar-refractivity contribution in [3.8, 4) is 16.9 Å². The van der Waals surface area contributed by atoms with Crippen molar-refractivity contribution in [1.82, 2.24) is 0 Å². The van der Waals surface area contributed by atoms with Crippen molar-refractivity contribution >= 4 is 11.8 Å². The van der Waals surface area contributed by atoms with E-state index in [0.29, 0.717) is 23.5 Å². The zero-order valence-electron chi connectivity index (χ0n) is 18.3. The van der Waals surface area contributed by atoms with Crippen LogP contribution in [0.4, 0.5) is 0 Å². The fraction of sp³-hybridized carbons (Fsp3) is 0.259. The van der Waals surface area contributed by atoms with E-state index in [0.717, 1.165) is 23.1 Å². The summed E-state index contributed by atoms with van der Waals surface area (Å²) < 4.78 is 17.8. The first-order valence-corrected chi connectivity index (χ1v) is 10.8. The van der Waals surface area contributed by atoms with Crippen LogP contribution in [0.5, 0.6) is 5.75 Å². The van der Waals surface area contributed by atoms with Crippen molar-refractivity contribution in [1.29, 1.82) is 0 Å². The maximum absolute atomic E-state index is 13.9. The van der Waals surface area contributed by atoms with Gasteiger partial charge in [-0.2, -0.15) is 0 Å². The summed E-state index contributed by atoms with van der Waals surface area (Å²) in [5, 5.41) is 0. The standard InChI is InChI=1S/C27H26O5/c1-3-15-31-25-16-21(20-9-5-4-6-10-20)13-14-24(25)27(32-19(2)28)18-30-17-22-11-7-8-12-23(22)26(27)29/h4-14,16H,3,15,17-18H2,1-2H3. The average molecular weight is 431 g/mol. The highest BCUT2D eigenvalue weighted by Crippen LogP contribution is 2.41. The lowest BCUT2D eigenvalue weighted by Gasteiger charge is -2.32. The second-order valence-electron chi connectivity index (χ2n) is 7.83. The third-order valence-corrected chi connectivity index (χ3v) is 5.50. The number of esters is 1. The van der Waals surface area contributed by atoms with Crippen LogP contribution in [-0.2, 0) is 26.5 Å². The van der Waals surface area contributed by atoms with Crippen LogP contribution in [0.3, 0.4) is 0 Å². The highest BCUT2D eigenvalue weighted by atomic mass is 16.6. The Morgan fingerprint density at radius 1 is 1.00 bits per heavy atom. The number of ketones is 1. The molecule has 1 heterocycles. The highest BCUT2D eigenvalue weighted by Gasteiger charge is 2.48. The summed E-state index contributed by atoms with van der Waals surface area (Å²) in [6.45, 7) is 3.95. The van der Waals surface area contributed by atoms with E-state index >= 15 is 0 Å². The maximum Gasteiger partial charge on any atom is 0.304 e. The molecule has 0 fully saturated rings. The molecule has 1 aliphatic heterocycles. The number of ether oxygens (including phenoxy) is 3. The minimum absolute atomic E-state index is 0.0900. The van der Waals surface area contributed by atoms with Gasteiger partial charge in [-0.15, -0.1) is 0 Å². The lowest BCUT2D eigenvalue weighted by Crippen LogP contribution is -2.44. The van der Waals surface area contributed by atoms with Gasteiger partial charge < -0.3 is 14.2 Å². The number of carbonyl (C=O) groups excluding carboxylic acids is 2. The van der Waals surface area contributed by atoms with E-state index in [2.05, 4.69) is 0 Å². The zero-order chi connectivity index (χ0) is 22.6. The van der Waals surface area contributed by atoms with Crippen molar-refractivity contribution < 1.29 is 23.8 Å². The molecule has 0 amide bonds. The summed E-state index contributed by atoms with van der Waals surface area (Å²) in [7, 11) is 0. The summed E-state index contributed by atoms with van der Waals surface area (Å²) in [6, 6.07) is 22.8. The second-order valence-corrected chi connectivity index (χ2v) is 7.83. The Morgan fingerprint density at radius 3 is 2.50 bits per heavy atom. The second kappa shape index (κ2) is 9.37. The third kappa shape index (κ3) is 4.16. The third-order valence-electron chi connectivity index (χ3n) is 5.50. The molecule has 4 rings (SSSR count). The molecule has 3 aromatic carbocycles. The van der Waals surface area contributed by atoms with E-state index in [4.69, 9.17) is 14.2 Å². The minimum atomic E-state index is -1.63.